The predicted octanol–water partition coefficient (Wildman–Crippen LogP) is 2.46. The smallest absolute Gasteiger partial charge is 0.305 e. The van der Waals surface area contributed by atoms with E-state index in [1.807, 2.05) is 6.92 Å². The quantitative estimate of drug-likeness (QED) is 0.646. The van der Waals surface area contributed by atoms with E-state index in [0.29, 0.717) is 24.2 Å². The van der Waals surface area contributed by atoms with E-state index >= 15 is 0 Å². The molecule has 0 radical (unpaired) electrons. The van der Waals surface area contributed by atoms with Crippen LogP contribution in [0.25, 0.3) is 0 Å². The highest BCUT2D eigenvalue weighted by atomic mass is 16.5. The lowest BCUT2D eigenvalue weighted by molar-refractivity contribution is -0.151. The van der Waals surface area contributed by atoms with Crippen molar-refractivity contribution in [2.45, 2.75) is 32.3 Å². The second kappa shape index (κ2) is 3.22. The van der Waals surface area contributed by atoms with E-state index in [1.165, 1.54) is 6.42 Å². The van der Waals surface area contributed by atoms with Crippen LogP contribution in [0.15, 0.2) is 23.8 Å². The lowest BCUT2D eigenvalue weighted by Gasteiger charge is -2.27. The van der Waals surface area contributed by atoms with Crippen LogP contribution in [0.2, 0.25) is 0 Å². The fourth-order valence-electron chi connectivity index (χ4n) is 3.38. The van der Waals surface area contributed by atoms with E-state index in [1.54, 1.807) is 5.57 Å². The molecule has 2 saturated carbocycles. The molecule has 3 aliphatic rings. The molecule has 0 aromatic carbocycles. The molecule has 0 heterocycles. The Hall–Kier alpha value is -1.05. The zero-order valence-corrected chi connectivity index (χ0v) is 8.98. The molecule has 0 aliphatic heterocycles. The molecule has 2 fully saturated rings. The molecule has 0 amide bonds. The molecule has 0 aromatic heterocycles. The number of carbonyl (C=O) groups excluding carboxylic acids is 1. The highest BCUT2D eigenvalue weighted by molar-refractivity contribution is 5.69. The monoisotopic (exact) mass is 204 g/mol. The van der Waals surface area contributed by atoms with Gasteiger partial charge in [-0.15, -0.1) is 0 Å². The van der Waals surface area contributed by atoms with E-state index in [9.17, 15) is 4.79 Å². The van der Waals surface area contributed by atoms with Crippen LogP contribution in [-0.2, 0) is 9.53 Å². The summed E-state index contributed by atoms with van der Waals surface area (Å²) in [7, 11) is 0. The van der Waals surface area contributed by atoms with Crippen molar-refractivity contribution in [3.05, 3.63) is 23.8 Å². The van der Waals surface area contributed by atoms with Gasteiger partial charge in [0.15, 0.2) is 0 Å². The van der Waals surface area contributed by atoms with Crippen LogP contribution >= 0.6 is 0 Å². The third kappa shape index (κ3) is 1.27. The second-order valence-electron chi connectivity index (χ2n) is 4.79. The maximum absolute atomic E-state index is 11.3. The molecule has 0 spiro atoms. The predicted molar refractivity (Wildman–Crippen MR) is 57.1 cm³/mol. The molecule has 4 atom stereocenters. The molecule has 80 valence electrons. The van der Waals surface area contributed by atoms with Gasteiger partial charge in [0.2, 0.25) is 0 Å². The molecule has 2 bridgehead atoms. The van der Waals surface area contributed by atoms with Crippen molar-refractivity contribution in [1.29, 1.82) is 0 Å². The highest BCUT2D eigenvalue weighted by Gasteiger charge is 2.50. The summed E-state index contributed by atoms with van der Waals surface area (Å²) in [6.07, 6.45) is 9.65. The van der Waals surface area contributed by atoms with Gasteiger partial charge in [-0.2, -0.15) is 0 Å². The third-order valence-corrected chi connectivity index (χ3v) is 4.05. The molecule has 3 rings (SSSR count). The van der Waals surface area contributed by atoms with E-state index in [0.717, 1.165) is 6.42 Å². The minimum Gasteiger partial charge on any atom is -0.462 e. The molecule has 2 heteroatoms. The van der Waals surface area contributed by atoms with Crippen LogP contribution in [0.4, 0.5) is 0 Å². The summed E-state index contributed by atoms with van der Waals surface area (Å²) in [5.74, 6) is 1.79. The van der Waals surface area contributed by atoms with Gasteiger partial charge in [0.25, 0.3) is 0 Å². The topological polar surface area (TPSA) is 26.3 Å². The van der Waals surface area contributed by atoms with Crippen LogP contribution in [0, 0.1) is 17.8 Å². The third-order valence-electron chi connectivity index (χ3n) is 4.05. The number of rotatable bonds is 2. The largest absolute Gasteiger partial charge is 0.462 e. The summed E-state index contributed by atoms with van der Waals surface area (Å²) in [6.45, 7) is 1.86. The Morgan fingerprint density at radius 1 is 1.53 bits per heavy atom. The average Bonchev–Trinajstić information content (AvgIpc) is 2.87. The average molecular weight is 204 g/mol. The van der Waals surface area contributed by atoms with Crippen LogP contribution in [0.1, 0.15) is 26.2 Å². The minimum absolute atomic E-state index is 0.0416. The lowest BCUT2D eigenvalue weighted by Crippen LogP contribution is -2.29. The van der Waals surface area contributed by atoms with Gasteiger partial charge in [-0.3, -0.25) is 4.79 Å². The Labute approximate surface area is 90.0 Å². The second-order valence-corrected chi connectivity index (χ2v) is 4.79. The zero-order valence-electron chi connectivity index (χ0n) is 8.98. The van der Waals surface area contributed by atoms with Gasteiger partial charge < -0.3 is 4.74 Å². The number of hydrogen-bond donors (Lipinski definition) is 0. The van der Waals surface area contributed by atoms with Crippen molar-refractivity contribution >= 4 is 5.97 Å². The highest BCUT2D eigenvalue weighted by Crippen LogP contribution is 2.55. The van der Waals surface area contributed by atoms with Gasteiger partial charge in [-0.25, -0.2) is 0 Å². The van der Waals surface area contributed by atoms with E-state index in [-0.39, 0.29) is 12.1 Å². The van der Waals surface area contributed by atoms with E-state index in [2.05, 4.69) is 18.2 Å². The molecule has 2 nitrogen and oxygen atoms in total. The number of allylic oxidation sites excluding steroid dienone is 4. The lowest BCUT2D eigenvalue weighted by atomic mass is 9.84. The molecular weight excluding hydrogens is 188 g/mol. The number of ether oxygens (including phenoxy) is 1. The molecule has 0 aromatic rings. The van der Waals surface area contributed by atoms with Crippen molar-refractivity contribution in [3.63, 3.8) is 0 Å². The van der Waals surface area contributed by atoms with Gasteiger partial charge in [0.1, 0.15) is 6.10 Å². The Balaban J connectivity index is 1.74. The van der Waals surface area contributed by atoms with Gasteiger partial charge in [-0.1, -0.05) is 30.7 Å². The summed E-state index contributed by atoms with van der Waals surface area (Å²) in [6, 6.07) is 0. The van der Waals surface area contributed by atoms with Gasteiger partial charge >= 0.3 is 5.97 Å². The number of esters is 1. The summed E-state index contributed by atoms with van der Waals surface area (Å²) < 4.78 is 5.50. The van der Waals surface area contributed by atoms with Gasteiger partial charge in [0, 0.05) is 18.3 Å². The SMILES string of the molecule is CCC(=O)OC1CC2CC1C1C=CC=C21. The van der Waals surface area contributed by atoms with Crippen LogP contribution in [0.3, 0.4) is 0 Å². The van der Waals surface area contributed by atoms with E-state index in [4.69, 9.17) is 4.74 Å². The summed E-state index contributed by atoms with van der Waals surface area (Å²) in [5, 5.41) is 0. The van der Waals surface area contributed by atoms with Crippen LogP contribution in [0.5, 0.6) is 0 Å². The van der Waals surface area contributed by atoms with Crippen molar-refractivity contribution in [1.82, 2.24) is 0 Å². The Morgan fingerprint density at radius 2 is 2.40 bits per heavy atom. The first-order valence-electron chi connectivity index (χ1n) is 5.87. The van der Waals surface area contributed by atoms with Gasteiger partial charge in [-0.05, 0) is 18.8 Å². The van der Waals surface area contributed by atoms with Crippen molar-refractivity contribution < 1.29 is 9.53 Å². The number of hydrogen-bond acceptors (Lipinski definition) is 2. The normalized spacial score (nSPS) is 40.5. The fraction of sp³-hybridized carbons (Fsp3) is 0.615. The summed E-state index contributed by atoms with van der Waals surface area (Å²) >= 11 is 0. The molecular formula is C13H16O2. The van der Waals surface area contributed by atoms with Crippen molar-refractivity contribution in [3.8, 4) is 0 Å². The standard InChI is InChI=1S/C13H16O2/c1-2-13(14)15-12-7-8-6-11(12)10-5-3-4-9(8)10/h3-5,8,10-12H,2,6-7H2,1H3. The Kier molecular flexibility index (Phi) is 1.98. The Morgan fingerprint density at radius 3 is 3.20 bits per heavy atom. The van der Waals surface area contributed by atoms with E-state index < -0.39 is 0 Å². The first-order chi connectivity index (χ1) is 7.29. The van der Waals surface area contributed by atoms with Crippen LogP contribution in [-0.4, -0.2) is 12.1 Å². The molecule has 0 saturated heterocycles. The maximum atomic E-state index is 11.3. The van der Waals surface area contributed by atoms with Crippen molar-refractivity contribution in [2.75, 3.05) is 0 Å². The first kappa shape index (κ1) is 9.20. The first-order valence-corrected chi connectivity index (χ1v) is 5.87. The fourth-order valence-corrected chi connectivity index (χ4v) is 3.38. The minimum atomic E-state index is -0.0416. The zero-order chi connectivity index (χ0) is 10.4. The van der Waals surface area contributed by atoms with Gasteiger partial charge in [0.05, 0.1) is 0 Å². The maximum Gasteiger partial charge on any atom is 0.305 e. The number of fused-ring (bicyclic) bond motifs is 5. The number of carbonyl (C=O) groups is 1. The molecule has 4 unspecified atom stereocenters. The van der Waals surface area contributed by atoms with Crippen molar-refractivity contribution in [2.24, 2.45) is 17.8 Å². The molecule has 15 heavy (non-hydrogen) atoms. The summed E-state index contributed by atoms with van der Waals surface area (Å²) in [4.78, 5) is 11.3. The Bertz CT molecular complexity index is 354. The molecule has 0 N–H and O–H groups in total. The van der Waals surface area contributed by atoms with Crippen LogP contribution < -0.4 is 0 Å². The molecule has 3 aliphatic carbocycles. The summed E-state index contributed by atoms with van der Waals surface area (Å²) in [5.41, 5.74) is 1.59.